The molecule has 1 unspecified atom stereocenters. The number of anilines is 1. The smallest absolute Gasteiger partial charge is 0.427 e. The zero-order chi connectivity index (χ0) is 25.0. The van der Waals surface area contributed by atoms with Crippen LogP contribution in [0.1, 0.15) is 28.2 Å². The van der Waals surface area contributed by atoms with Crippen molar-refractivity contribution in [3.05, 3.63) is 94.8 Å². The molecule has 2 aliphatic rings. The second kappa shape index (κ2) is 8.07. The summed E-state index contributed by atoms with van der Waals surface area (Å²) in [5, 5.41) is 7.99. The van der Waals surface area contributed by atoms with Crippen LogP contribution in [0, 0.1) is 12.7 Å². The Hall–Kier alpha value is -3.95. The minimum absolute atomic E-state index is 0.100. The van der Waals surface area contributed by atoms with Gasteiger partial charge in [-0.2, -0.15) is 22.7 Å². The second-order valence-electron chi connectivity index (χ2n) is 8.37. The fourth-order valence-corrected chi connectivity index (χ4v) is 4.06. The van der Waals surface area contributed by atoms with Crippen molar-refractivity contribution >= 4 is 17.4 Å². The van der Waals surface area contributed by atoms with E-state index >= 15 is 0 Å². The van der Waals surface area contributed by atoms with Gasteiger partial charge in [0.05, 0.1) is 17.8 Å². The van der Waals surface area contributed by atoms with Crippen LogP contribution in [-0.4, -0.2) is 29.4 Å². The summed E-state index contributed by atoms with van der Waals surface area (Å²) in [6.45, 7) is 2.03. The summed E-state index contributed by atoms with van der Waals surface area (Å²) in [5.74, 6) is -5.98. The molecule has 3 aromatic carbocycles. The number of hydrazone groups is 1. The van der Waals surface area contributed by atoms with E-state index in [0.717, 1.165) is 33.8 Å². The zero-order valence-corrected chi connectivity index (χ0v) is 18.2. The van der Waals surface area contributed by atoms with Gasteiger partial charge in [0, 0.05) is 11.6 Å². The molecule has 0 aromatic heterocycles. The van der Waals surface area contributed by atoms with Crippen LogP contribution in [0.25, 0.3) is 0 Å². The van der Waals surface area contributed by atoms with Gasteiger partial charge < -0.3 is 10.1 Å². The first-order valence-corrected chi connectivity index (χ1v) is 10.6. The molecule has 0 spiro atoms. The Morgan fingerprint density at radius 2 is 1.71 bits per heavy atom. The van der Waals surface area contributed by atoms with Crippen LogP contribution in [0.4, 0.5) is 32.4 Å². The number of rotatable bonds is 3. The first-order chi connectivity index (χ1) is 16.5. The van der Waals surface area contributed by atoms with Gasteiger partial charge in [-0.05, 0) is 48.4 Å². The van der Waals surface area contributed by atoms with Crippen LogP contribution in [-0.2, 0) is 5.92 Å². The molecule has 3 aromatic rings. The molecule has 2 aliphatic heterocycles. The maximum absolute atomic E-state index is 14.0. The third kappa shape index (κ3) is 3.98. The minimum atomic E-state index is -4.68. The van der Waals surface area contributed by atoms with Crippen LogP contribution in [0.5, 0.6) is 5.75 Å². The summed E-state index contributed by atoms with van der Waals surface area (Å²) in [5.41, 5.74) is 1.96. The number of aryl methyl sites for hydroxylation is 1. The molecule has 5 nitrogen and oxygen atoms in total. The summed E-state index contributed by atoms with van der Waals surface area (Å²) in [7, 11) is 0. The molecule has 35 heavy (non-hydrogen) atoms. The quantitative estimate of drug-likeness (QED) is 0.445. The summed E-state index contributed by atoms with van der Waals surface area (Å²) in [4.78, 5) is 12.9. The van der Waals surface area contributed by atoms with E-state index in [4.69, 9.17) is 0 Å². The highest BCUT2D eigenvalue weighted by Crippen LogP contribution is 2.53. The van der Waals surface area contributed by atoms with Gasteiger partial charge in [-0.25, -0.2) is 14.2 Å². The van der Waals surface area contributed by atoms with Crippen LogP contribution in [0.3, 0.4) is 0 Å². The van der Waals surface area contributed by atoms with Gasteiger partial charge in [0.2, 0.25) is 0 Å². The van der Waals surface area contributed by atoms with Gasteiger partial charge in [0.15, 0.2) is 0 Å². The van der Waals surface area contributed by atoms with E-state index in [1.807, 2.05) is 31.2 Å². The monoisotopic (exact) mass is 487 g/mol. The molecule has 0 bridgehead atoms. The number of hydrogen-bond donors (Lipinski definition) is 1. The van der Waals surface area contributed by atoms with Crippen molar-refractivity contribution in [2.45, 2.75) is 24.9 Å². The molecule has 10 heteroatoms. The van der Waals surface area contributed by atoms with E-state index in [-0.39, 0.29) is 18.2 Å². The van der Waals surface area contributed by atoms with Crippen molar-refractivity contribution in [1.29, 1.82) is 0 Å². The molecule has 2 heterocycles. The Balaban J connectivity index is 1.42. The summed E-state index contributed by atoms with van der Waals surface area (Å²) < 4.78 is 72.6. The maximum atomic E-state index is 14.0. The highest BCUT2D eigenvalue weighted by Gasteiger charge is 2.66. The Morgan fingerprint density at radius 3 is 2.40 bits per heavy atom. The number of nitrogens with one attached hydrogen (secondary N) is 1. The molecule has 1 atom stereocenters. The lowest BCUT2D eigenvalue weighted by Crippen LogP contribution is -2.37. The number of nitrogens with zero attached hydrogens (tertiary/aromatic N) is 2. The molecule has 0 saturated heterocycles. The van der Waals surface area contributed by atoms with Gasteiger partial charge >= 0.3 is 18.1 Å². The number of carbonyl (C=O) groups is 1. The number of benzene rings is 3. The number of halogens is 5. The van der Waals surface area contributed by atoms with Crippen LogP contribution in [0.2, 0.25) is 0 Å². The maximum Gasteiger partial charge on any atom is 0.469 e. The Bertz CT molecular complexity index is 1320. The lowest BCUT2D eigenvalue weighted by Gasteiger charge is -2.17. The summed E-state index contributed by atoms with van der Waals surface area (Å²) >= 11 is 0. The SMILES string of the molecule is Cc1ccc(C2=NN(C(=O)Nc3ccc4c(c3)C(F)(F)C(F)(F)O4)CC2c2ccc(F)cc2)cc1. The molecule has 0 saturated carbocycles. The van der Waals surface area contributed by atoms with Gasteiger partial charge in [-0.1, -0.05) is 42.0 Å². The Labute approximate surface area is 196 Å². The molecular weight excluding hydrogens is 469 g/mol. The molecule has 0 fully saturated rings. The number of ether oxygens (including phenoxy) is 1. The fourth-order valence-electron chi connectivity index (χ4n) is 4.06. The lowest BCUT2D eigenvalue weighted by molar-refractivity contribution is -0.296. The number of urea groups is 1. The second-order valence-corrected chi connectivity index (χ2v) is 8.37. The number of alkyl halides is 4. The Morgan fingerprint density at radius 1 is 1.03 bits per heavy atom. The van der Waals surface area contributed by atoms with Crippen LogP contribution >= 0.6 is 0 Å². The normalized spacial score (nSPS) is 19.7. The number of hydrogen-bond acceptors (Lipinski definition) is 3. The molecule has 2 amide bonds. The van der Waals surface area contributed by atoms with Gasteiger partial charge in [0.1, 0.15) is 11.6 Å². The predicted molar refractivity (Wildman–Crippen MR) is 118 cm³/mol. The molecule has 1 N–H and O–H groups in total. The zero-order valence-electron chi connectivity index (χ0n) is 18.2. The van der Waals surface area contributed by atoms with Crippen molar-refractivity contribution in [2.24, 2.45) is 5.10 Å². The number of carbonyl (C=O) groups excluding carboxylic acids is 1. The molecule has 0 radical (unpaired) electrons. The Kier molecular flexibility index (Phi) is 5.26. The minimum Gasteiger partial charge on any atom is -0.427 e. The van der Waals surface area contributed by atoms with Crippen molar-refractivity contribution in [1.82, 2.24) is 5.01 Å². The van der Waals surface area contributed by atoms with Gasteiger partial charge in [-0.3, -0.25) is 0 Å². The van der Waals surface area contributed by atoms with E-state index in [2.05, 4.69) is 15.2 Å². The molecule has 180 valence electrons. The van der Waals surface area contributed by atoms with E-state index < -0.39 is 35.2 Å². The molecular formula is C25H18F5N3O2. The highest BCUT2D eigenvalue weighted by molar-refractivity contribution is 6.07. The summed E-state index contributed by atoms with van der Waals surface area (Å²) in [6, 6.07) is 15.5. The van der Waals surface area contributed by atoms with E-state index in [9.17, 15) is 26.7 Å². The average molecular weight is 487 g/mol. The third-order valence-electron chi connectivity index (χ3n) is 5.94. The van der Waals surface area contributed by atoms with E-state index in [1.165, 1.54) is 18.2 Å². The molecule has 5 rings (SSSR count). The highest BCUT2D eigenvalue weighted by atomic mass is 19.3. The number of amides is 2. The summed E-state index contributed by atoms with van der Waals surface area (Å²) in [6.07, 6.45) is -4.68. The lowest BCUT2D eigenvalue weighted by atomic mass is 9.90. The van der Waals surface area contributed by atoms with Crippen molar-refractivity contribution in [2.75, 3.05) is 11.9 Å². The van der Waals surface area contributed by atoms with Gasteiger partial charge in [0.25, 0.3) is 0 Å². The predicted octanol–water partition coefficient (Wildman–Crippen LogP) is 6.25. The van der Waals surface area contributed by atoms with E-state index in [0.29, 0.717) is 5.71 Å². The number of fused-ring (bicyclic) bond motifs is 1. The van der Waals surface area contributed by atoms with Crippen LogP contribution < -0.4 is 10.1 Å². The topological polar surface area (TPSA) is 53.9 Å². The molecule has 0 aliphatic carbocycles. The average Bonchev–Trinajstić information content (AvgIpc) is 3.33. The first kappa shape index (κ1) is 22.8. The van der Waals surface area contributed by atoms with Crippen molar-refractivity contribution < 1.29 is 31.5 Å². The largest absolute Gasteiger partial charge is 0.469 e. The van der Waals surface area contributed by atoms with Crippen molar-refractivity contribution in [3.8, 4) is 5.75 Å². The van der Waals surface area contributed by atoms with Crippen molar-refractivity contribution in [3.63, 3.8) is 0 Å². The third-order valence-corrected chi connectivity index (χ3v) is 5.94. The first-order valence-electron chi connectivity index (χ1n) is 10.6. The van der Waals surface area contributed by atoms with Crippen LogP contribution in [0.15, 0.2) is 71.8 Å². The standard InChI is InChI=1S/C25H18F5N3O2/c1-14-2-4-16(5-3-14)22-19(15-6-8-17(26)9-7-15)13-33(32-22)23(34)31-18-10-11-21-20(12-18)24(27,28)25(29,30)35-21/h2-12,19H,13H2,1H3,(H,31,34). The van der Waals surface area contributed by atoms with Gasteiger partial charge in [-0.15, -0.1) is 0 Å². The fraction of sp³-hybridized carbons (Fsp3) is 0.200. The van der Waals surface area contributed by atoms with E-state index in [1.54, 1.807) is 12.1 Å².